The standard InChI is InChI=1S/C13H20BrNO2/c1-10(4-3-7-16)15-9-11-8-12(17-2)5-6-13(11)14/h5-6,8,10,15-16H,3-4,7,9H2,1-2H3. The van der Waals surface area contributed by atoms with Gasteiger partial charge in [-0.15, -0.1) is 0 Å². The van der Waals surface area contributed by atoms with E-state index in [1.807, 2.05) is 18.2 Å². The summed E-state index contributed by atoms with van der Waals surface area (Å²) in [6.45, 7) is 3.18. The smallest absolute Gasteiger partial charge is 0.119 e. The van der Waals surface area contributed by atoms with Gasteiger partial charge in [0, 0.05) is 23.7 Å². The number of benzene rings is 1. The predicted molar refractivity (Wildman–Crippen MR) is 73.3 cm³/mol. The van der Waals surface area contributed by atoms with Gasteiger partial charge in [-0.3, -0.25) is 0 Å². The number of methoxy groups -OCH3 is 1. The molecule has 2 N–H and O–H groups in total. The molecule has 0 bridgehead atoms. The lowest BCUT2D eigenvalue weighted by atomic mass is 10.1. The average molecular weight is 302 g/mol. The molecule has 1 unspecified atom stereocenters. The number of rotatable bonds is 7. The summed E-state index contributed by atoms with van der Waals surface area (Å²) >= 11 is 3.53. The van der Waals surface area contributed by atoms with Crippen LogP contribution >= 0.6 is 15.9 Å². The Bertz CT molecular complexity index is 344. The van der Waals surface area contributed by atoms with Crippen LogP contribution in [0.5, 0.6) is 5.75 Å². The number of nitrogens with one attached hydrogen (secondary N) is 1. The lowest BCUT2D eigenvalue weighted by Gasteiger charge is -2.14. The van der Waals surface area contributed by atoms with Crippen molar-refractivity contribution < 1.29 is 9.84 Å². The van der Waals surface area contributed by atoms with Gasteiger partial charge >= 0.3 is 0 Å². The zero-order valence-electron chi connectivity index (χ0n) is 10.4. The van der Waals surface area contributed by atoms with Crippen molar-refractivity contribution in [3.05, 3.63) is 28.2 Å². The summed E-state index contributed by atoms with van der Waals surface area (Å²) in [6.07, 6.45) is 1.82. The van der Waals surface area contributed by atoms with Crippen LogP contribution in [0.3, 0.4) is 0 Å². The number of ether oxygens (including phenoxy) is 1. The van der Waals surface area contributed by atoms with Gasteiger partial charge in [-0.2, -0.15) is 0 Å². The summed E-state index contributed by atoms with van der Waals surface area (Å²) in [5.41, 5.74) is 1.18. The van der Waals surface area contributed by atoms with Crippen LogP contribution in [-0.4, -0.2) is 24.9 Å². The van der Waals surface area contributed by atoms with E-state index in [0.29, 0.717) is 6.04 Å². The molecule has 0 heterocycles. The Kier molecular flexibility index (Phi) is 6.55. The zero-order valence-corrected chi connectivity index (χ0v) is 12.0. The topological polar surface area (TPSA) is 41.5 Å². The Labute approximate surface area is 111 Å². The molecule has 0 saturated carbocycles. The zero-order chi connectivity index (χ0) is 12.7. The Balaban J connectivity index is 2.50. The van der Waals surface area contributed by atoms with Crippen molar-refractivity contribution in [1.29, 1.82) is 0 Å². The molecule has 96 valence electrons. The maximum atomic E-state index is 8.76. The van der Waals surface area contributed by atoms with E-state index < -0.39 is 0 Å². The van der Waals surface area contributed by atoms with E-state index in [0.717, 1.165) is 29.6 Å². The van der Waals surface area contributed by atoms with Crippen molar-refractivity contribution in [2.45, 2.75) is 32.4 Å². The highest BCUT2D eigenvalue weighted by atomic mass is 79.9. The van der Waals surface area contributed by atoms with Crippen LogP contribution in [0, 0.1) is 0 Å². The highest BCUT2D eigenvalue weighted by Gasteiger charge is 2.05. The van der Waals surface area contributed by atoms with Crippen molar-refractivity contribution in [2.24, 2.45) is 0 Å². The summed E-state index contributed by atoms with van der Waals surface area (Å²) < 4.78 is 6.28. The summed E-state index contributed by atoms with van der Waals surface area (Å²) in [5.74, 6) is 0.869. The normalized spacial score (nSPS) is 12.5. The third-order valence-electron chi connectivity index (χ3n) is 2.69. The quantitative estimate of drug-likeness (QED) is 0.814. The molecule has 0 radical (unpaired) electrons. The molecule has 0 amide bonds. The molecule has 17 heavy (non-hydrogen) atoms. The third kappa shape index (κ3) is 5.06. The summed E-state index contributed by atoms with van der Waals surface area (Å²) in [6, 6.07) is 6.35. The second-order valence-electron chi connectivity index (χ2n) is 4.11. The first kappa shape index (κ1) is 14.5. The molecule has 0 aliphatic heterocycles. The van der Waals surface area contributed by atoms with E-state index in [-0.39, 0.29) is 6.61 Å². The van der Waals surface area contributed by atoms with Gasteiger partial charge in [0.2, 0.25) is 0 Å². The molecule has 0 fully saturated rings. The Hall–Kier alpha value is -0.580. The van der Waals surface area contributed by atoms with Crippen LogP contribution in [0.4, 0.5) is 0 Å². The number of hydrogen-bond acceptors (Lipinski definition) is 3. The Morgan fingerprint density at radius 3 is 2.88 bits per heavy atom. The fourth-order valence-electron chi connectivity index (χ4n) is 1.60. The van der Waals surface area contributed by atoms with Gasteiger partial charge in [0.05, 0.1) is 7.11 Å². The number of halogens is 1. The van der Waals surface area contributed by atoms with Crippen molar-refractivity contribution in [1.82, 2.24) is 5.32 Å². The number of hydrogen-bond donors (Lipinski definition) is 2. The van der Waals surface area contributed by atoms with Crippen LogP contribution in [0.1, 0.15) is 25.3 Å². The van der Waals surface area contributed by atoms with E-state index in [2.05, 4.69) is 28.2 Å². The van der Waals surface area contributed by atoms with Crippen LogP contribution in [0.15, 0.2) is 22.7 Å². The van der Waals surface area contributed by atoms with E-state index in [1.54, 1.807) is 7.11 Å². The van der Waals surface area contributed by atoms with E-state index >= 15 is 0 Å². The molecule has 0 spiro atoms. The molecule has 1 aromatic rings. The molecule has 0 saturated heterocycles. The van der Waals surface area contributed by atoms with Crippen LogP contribution in [-0.2, 0) is 6.54 Å². The maximum absolute atomic E-state index is 8.76. The molecule has 3 nitrogen and oxygen atoms in total. The second-order valence-corrected chi connectivity index (χ2v) is 4.96. The monoisotopic (exact) mass is 301 g/mol. The highest BCUT2D eigenvalue weighted by molar-refractivity contribution is 9.10. The fraction of sp³-hybridized carbons (Fsp3) is 0.538. The minimum atomic E-state index is 0.259. The summed E-state index contributed by atoms with van der Waals surface area (Å²) in [4.78, 5) is 0. The molecule has 0 aliphatic rings. The van der Waals surface area contributed by atoms with Gasteiger partial charge in [0.25, 0.3) is 0 Å². The number of aliphatic hydroxyl groups is 1. The van der Waals surface area contributed by atoms with Gasteiger partial charge < -0.3 is 15.2 Å². The molecule has 4 heteroatoms. The van der Waals surface area contributed by atoms with Crippen molar-refractivity contribution in [3.63, 3.8) is 0 Å². The first-order valence-corrected chi connectivity index (χ1v) is 6.63. The molecule has 1 atom stereocenters. The predicted octanol–water partition coefficient (Wildman–Crippen LogP) is 2.71. The highest BCUT2D eigenvalue weighted by Crippen LogP contribution is 2.22. The Morgan fingerprint density at radius 1 is 1.47 bits per heavy atom. The van der Waals surface area contributed by atoms with E-state index in [1.165, 1.54) is 5.56 Å². The number of aliphatic hydroxyl groups excluding tert-OH is 1. The van der Waals surface area contributed by atoms with E-state index in [4.69, 9.17) is 9.84 Å². The third-order valence-corrected chi connectivity index (χ3v) is 3.46. The van der Waals surface area contributed by atoms with Crippen LogP contribution < -0.4 is 10.1 Å². The summed E-state index contributed by atoms with van der Waals surface area (Å²) in [5, 5.41) is 12.2. The molecule has 0 aliphatic carbocycles. The minimum Gasteiger partial charge on any atom is -0.497 e. The van der Waals surface area contributed by atoms with Crippen molar-refractivity contribution in [3.8, 4) is 5.75 Å². The lowest BCUT2D eigenvalue weighted by molar-refractivity contribution is 0.276. The summed E-state index contributed by atoms with van der Waals surface area (Å²) in [7, 11) is 1.67. The molecular formula is C13H20BrNO2. The van der Waals surface area contributed by atoms with Gasteiger partial charge in [-0.05, 0) is 43.5 Å². The first-order chi connectivity index (χ1) is 8.17. The SMILES string of the molecule is COc1ccc(Br)c(CNC(C)CCCO)c1. The fourth-order valence-corrected chi connectivity index (χ4v) is 1.98. The van der Waals surface area contributed by atoms with Crippen molar-refractivity contribution >= 4 is 15.9 Å². The minimum absolute atomic E-state index is 0.259. The lowest BCUT2D eigenvalue weighted by Crippen LogP contribution is -2.25. The molecular weight excluding hydrogens is 282 g/mol. The van der Waals surface area contributed by atoms with Crippen LogP contribution in [0.25, 0.3) is 0 Å². The largest absolute Gasteiger partial charge is 0.497 e. The van der Waals surface area contributed by atoms with E-state index in [9.17, 15) is 0 Å². The van der Waals surface area contributed by atoms with Gasteiger partial charge in [-0.25, -0.2) is 0 Å². The van der Waals surface area contributed by atoms with Crippen molar-refractivity contribution in [2.75, 3.05) is 13.7 Å². The molecule has 0 aromatic heterocycles. The second kappa shape index (κ2) is 7.69. The molecule has 1 aromatic carbocycles. The Morgan fingerprint density at radius 2 is 2.24 bits per heavy atom. The maximum Gasteiger partial charge on any atom is 0.119 e. The molecule has 1 rings (SSSR count). The van der Waals surface area contributed by atoms with Gasteiger partial charge in [-0.1, -0.05) is 15.9 Å². The van der Waals surface area contributed by atoms with Gasteiger partial charge in [0.1, 0.15) is 5.75 Å². The van der Waals surface area contributed by atoms with Crippen LogP contribution in [0.2, 0.25) is 0 Å². The first-order valence-electron chi connectivity index (χ1n) is 5.84. The van der Waals surface area contributed by atoms with Gasteiger partial charge in [0.15, 0.2) is 0 Å². The average Bonchev–Trinajstić information content (AvgIpc) is 2.35.